The Morgan fingerprint density at radius 2 is 2.22 bits per heavy atom. The first-order valence-corrected chi connectivity index (χ1v) is 5.43. The molecule has 5 nitrogen and oxygen atoms in total. The summed E-state index contributed by atoms with van der Waals surface area (Å²) in [5, 5.41) is 4.04. The van der Waals surface area contributed by atoms with E-state index in [2.05, 4.69) is 10.1 Å². The Balaban J connectivity index is 2.44. The smallest absolute Gasteiger partial charge is 0.233 e. The highest BCUT2D eigenvalue weighted by Gasteiger charge is 2.21. The number of rotatable bonds is 4. The number of pyridine rings is 1. The zero-order chi connectivity index (χ0) is 13.1. The minimum absolute atomic E-state index is 0.157. The summed E-state index contributed by atoms with van der Waals surface area (Å²) in [5.74, 6) is -0.443. The fraction of sp³-hybridized carbons (Fsp3) is 0.250. The minimum Gasteiger partial charge on any atom is -0.493 e. The van der Waals surface area contributed by atoms with Crippen molar-refractivity contribution in [3.63, 3.8) is 0 Å². The van der Waals surface area contributed by atoms with E-state index in [0.717, 1.165) is 6.20 Å². The van der Waals surface area contributed by atoms with Crippen LogP contribution in [0.2, 0.25) is 0 Å². The quantitative estimate of drug-likeness (QED) is 0.773. The molecule has 2 rings (SSSR count). The summed E-state index contributed by atoms with van der Waals surface area (Å²) in [4.78, 5) is 16.0. The minimum atomic E-state index is -0.484. The van der Waals surface area contributed by atoms with Crippen LogP contribution in [0.5, 0.6) is 5.75 Å². The molecule has 2 aromatic heterocycles. The summed E-state index contributed by atoms with van der Waals surface area (Å²) in [7, 11) is 1.46. The number of ketones is 1. The maximum atomic E-state index is 12.8. The number of nitrogens with zero attached hydrogens (tertiary/aromatic N) is 3. The van der Waals surface area contributed by atoms with E-state index in [4.69, 9.17) is 4.74 Å². The molecule has 2 heterocycles. The van der Waals surface area contributed by atoms with Crippen LogP contribution in [-0.2, 0) is 6.54 Å². The summed E-state index contributed by atoms with van der Waals surface area (Å²) in [6.45, 7) is 2.40. The molecule has 0 saturated heterocycles. The number of hydrogen-bond acceptors (Lipinski definition) is 4. The van der Waals surface area contributed by atoms with Crippen LogP contribution in [0.25, 0.3) is 0 Å². The van der Waals surface area contributed by atoms with Crippen molar-refractivity contribution in [1.29, 1.82) is 0 Å². The van der Waals surface area contributed by atoms with E-state index in [0.29, 0.717) is 18.0 Å². The van der Waals surface area contributed by atoms with Crippen LogP contribution >= 0.6 is 0 Å². The van der Waals surface area contributed by atoms with Gasteiger partial charge in [0.15, 0.2) is 11.4 Å². The second-order valence-corrected chi connectivity index (χ2v) is 3.57. The fourth-order valence-corrected chi connectivity index (χ4v) is 1.62. The number of halogens is 1. The molecule has 0 aliphatic carbocycles. The molecule has 94 valence electrons. The Hall–Kier alpha value is -2.24. The Labute approximate surface area is 103 Å². The van der Waals surface area contributed by atoms with E-state index >= 15 is 0 Å². The summed E-state index contributed by atoms with van der Waals surface area (Å²) in [5.41, 5.74) is 0.476. The molecule has 0 fully saturated rings. The van der Waals surface area contributed by atoms with Crippen LogP contribution in [0.1, 0.15) is 23.1 Å². The summed E-state index contributed by atoms with van der Waals surface area (Å²) in [6.07, 6.45) is 2.48. The standard InChI is InChI=1S/C12H12FN3O2/c1-3-16-11(10(18-2)7-15-16)12(17)9-5-4-8(13)6-14-9/h4-7H,3H2,1-2H3. The lowest BCUT2D eigenvalue weighted by Gasteiger charge is -2.05. The molecule has 0 aromatic carbocycles. The maximum Gasteiger partial charge on any atom is 0.233 e. The molecule has 0 radical (unpaired) electrons. The lowest BCUT2D eigenvalue weighted by Crippen LogP contribution is -2.13. The third-order valence-corrected chi connectivity index (χ3v) is 2.50. The molecule has 2 aromatic rings. The normalized spacial score (nSPS) is 10.4. The highest BCUT2D eigenvalue weighted by molar-refractivity contribution is 6.08. The van der Waals surface area contributed by atoms with Gasteiger partial charge in [-0.2, -0.15) is 5.10 Å². The molecule has 6 heteroatoms. The van der Waals surface area contributed by atoms with E-state index in [-0.39, 0.29) is 11.5 Å². The maximum absolute atomic E-state index is 12.8. The van der Waals surface area contributed by atoms with Gasteiger partial charge in [0.05, 0.1) is 19.5 Å². The van der Waals surface area contributed by atoms with E-state index in [1.807, 2.05) is 6.92 Å². The van der Waals surface area contributed by atoms with Crippen molar-refractivity contribution < 1.29 is 13.9 Å². The van der Waals surface area contributed by atoms with Crippen molar-refractivity contribution in [2.75, 3.05) is 7.11 Å². The number of carbonyl (C=O) groups is 1. The predicted octanol–water partition coefficient (Wildman–Crippen LogP) is 1.68. The molecule has 0 bridgehead atoms. The van der Waals surface area contributed by atoms with Gasteiger partial charge in [-0.3, -0.25) is 9.48 Å². The van der Waals surface area contributed by atoms with Crippen LogP contribution < -0.4 is 4.74 Å². The first-order chi connectivity index (χ1) is 8.67. The van der Waals surface area contributed by atoms with Crippen LogP contribution in [0.4, 0.5) is 4.39 Å². The van der Waals surface area contributed by atoms with Gasteiger partial charge in [0, 0.05) is 6.54 Å². The zero-order valence-corrected chi connectivity index (χ0v) is 10.1. The number of aryl methyl sites for hydroxylation is 1. The summed E-state index contributed by atoms with van der Waals surface area (Å²) >= 11 is 0. The van der Waals surface area contributed by atoms with Crippen molar-refractivity contribution in [1.82, 2.24) is 14.8 Å². The van der Waals surface area contributed by atoms with Crippen molar-refractivity contribution in [2.45, 2.75) is 13.5 Å². The van der Waals surface area contributed by atoms with E-state index < -0.39 is 5.82 Å². The van der Waals surface area contributed by atoms with Crippen LogP contribution in [0.15, 0.2) is 24.5 Å². The van der Waals surface area contributed by atoms with Gasteiger partial charge >= 0.3 is 0 Å². The van der Waals surface area contributed by atoms with Crippen molar-refractivity contribution in [3.8, 4) is 5.75 Å². The summed E-state index contributed by atoms with van der Waals surface area (Å²) < 4.78 is 19.4. The molecule has 0 unspecified atom stereocenters. The first-order valence-electron chi connectivity index (χ1n) is 5.43. The third kappa shape index (κ3) is 2.09. The van der Waals surface area contributed by atoms with Crippen LogP contribution in [-0.4, -0.2) is 27.7 Å². The second-order valence-electron chi connectivity index (χ2n) is 3.57. The number of carbonyl (C=O) groups excluding carboxylic acids is 1. The Bertz CT molecular complexity index is 542. The number of ether oxygens (including phenoxy) is 1. The van der Waals surface area contributed by atoms with E-state index in [1.165, 1.54) is 30.1 Å². The van der Waals surface area contributed by atoms with E-state index in [9.17, 15) is 9.18 Å². The molecule has 0 saturated carbocycles. The molecular formula is C12H12FN3O2. The second kappa shape index (κ2) is 4.95. The van der Waals surface area contributed by atoms with Gasteiger partial charge in [-0.05, 0) is 19.1 Å². The molecule has 0 spiro atoms. The number of hydrogen-bond donors (Lipinski definition) is 0. The molecule has 0 atom stereocenters. The van der Waals surface area contributed by atoms with Gasteiger partial charge in [0.2, 0.25) is 5.78 Å². The van der Waals surface area contributed by atoms with Gasteiger partial charge in [-0.1, -0.05) is 0 Å². The monoisotopic (exact) mass is 249 g/mol. The lowest BCUT2D eigenvalue weighted by atomic mass is 10.2. The first kappa shape index (κ1) is 12.2. The molecule has 0 aliphatic heterocycles. The van der Waals surface area contributed by atoms with Crippen LogP contribution in [0.3, 0.4) is 0 Å². The van der Waals surface area contributed by atoms with Crippen molar-refractivity contribution in [3.05, 3.63) is 41.7 Å². The van der Waals surface area contributed by atoms with Gasteiger partial charge in [-0.15, -0.1) is 0 Å². The number of methoxy groups -OCH3 is 1. The lowest BCUT2D eigenvalue weighted by molar-refractivity contribution is 0.102. The highest BCUT2D eigenvalue weighted by atomic mass is 19.1. The molecule has 0 N–H and O–H groups in total. The molecular weight excluding hydrogens is 237 g/mol. The van der Waals surface area contributed by atoms with Gasteiger partial charge < -0.3 is 4.74 Å². The topological polar surface area (TPSA) is 57.0 Å². The predicted molar refractivity (Wildman–Crippen MR) is 62.1 cm³/mol. The molecule has 18 heavy (non-hydrogen) atoms. The fourth-order valence-electron chi connectivity index (χ4n) is 1.62. The highest BCUT2D eigenvalue weighted by Crippen LogP contribution is 2.20. The third-order valence-electron chi connectivity index (χ3n) is 2.50. The Morgan fingerprint density at radius 1 is 1.44 bits per heavy atom. The Kier molecular flexibility index (Phi) is 3.36. The average Bonchev–Trinajstić information content (AvgIpc) is 2.81. The molecule has 0 aliphatic rings. The average molecular weight is 249 g/mol. The largest absolute Gasteiger partial charge is 0.493 e. The van der Waals surface area contributed by atoms with Crippen molar-refractivity contribution in [2.24, 2.45) is 0 Å². The Morgan fingerprint density at radius 3 is 2.78 bits per heavy atom. The van der Waals surface area contributed by atoms with Gasteiger partial charge in [0.25, 0.3) is 0 Å². The number of aromatic nitrogens is 3. The SMILES string of the molecule is CCn1ncc(OC)c1C(=O)c1ccc(F)cn1. The van der Waals surface area contributed by atoms with Crippen molar-refractivity contribution >= 4 is 5.78 Å². The van der Waals surface area contributed by atoms with E-state index in [1.54, 1.807) is 0 Å². The van der Waals surface area contributed by atoms with Gasteiger partial charge in [-0.25, -0.2) is 9.37 Å². The summed E-state index contributed by atoms with van der Waals surface area (Å²) in [6, 6.07) is 2.53. The zero-order valence-electron chi connectivity index (χ0n) is 10.1. The molecule has 0 amide bonds. The van der Waals surface area contributed by atoms with Gasteiger partial charge in [0.1, 0.15) is 11.5 Å². The van der Waals surface area contributed by atoms with Crippen LogP contribution in [0, 0.1) is 5.82 Å².